The number of carbonyl (C=O) groups is 3. The lowest BCUT2D eigenvalue weighted by atomic mass is 9.94. The van der Waals surface area contributed by atoms with Gasteiger partial charge in [0.2, 0.25) is 0 Å². The second-order valence-corrected chi connectivity index (χ2v) is 13.1. The number of hydrogen-bond donors (Lipinski definition) is 0. The van der Waals surface area contributed by atoms with Gasteiger partial charge in [-0.05, 0) is 70.6 Å². The summed E-state index contributed by atoms with van der Waals surface area (Å²) in [4.78, 5) is 42.3. The van der Waals surface area contributed by atoms with E-state index >= 15 is 0 Å². The van der Waals surface area contributed by atoms with Crippen LogP contribution in [0.25, 0.3) is 0 Å². The lowest BCUT2D eigenvalue weighted by Crippen LogP contribution is -2.34. The molecule has 0 radical (unpaired) electrons. The Morgan fingerprint density at radius 1 is 0.543 bits per heavy atom. The predicted molar refractivity (Wildman–Crippen MR) is 194 cm³/mol. The number of amides is 2. The van der Waals surface area contributed by atoms with Gasteiger partial charge in [-0.1, -0.05) is 152 Å². The minimum atomic E-state index is -0.404. The lowest BCUT2D eigenvalue weighted by Gasteiger charge is -2.19. The zero-order chi connectivity index (χ0) is 33.3. The van der Waals surface area contributed by atoms with Crippen molar-refractivity contribution < 1.29 is 19.2 Å². The summed E-state index contributed by atoms with van der Waals surface area (Å²) in [6.45, 7) is 4.47. The summed E-state index contributed by atoms with van der Waals surface area (Å²) in [6, 6.07) is 0. The van der Waals surface area contributed by atoms with Crippen molar-refractivity contribution in [2.75, 3.05) is 0 Å². The molecule has 1 aliphatic heterocycles. The van der Waals surface area contributed by atoms with Crippen LogP contribution in [0.15, 0.2) is 48.6 Å². The third-order valence-electron chi connectivity index (χ3n) is 8.78. The number of rotatable bonds is 31. The van der Waals surface area contributed by atoms with Crippen LogP contribution in [0.5, 0.6) is 0 Å². The fraction of sp³-hybridized carbons (Fsp3) is 0.732. The molecule has 0 aliphatic carbocycles. The van der Waals surface area contributed by atoms with Crippen LogP contribution in [0.4, 0.5) is 0 Å². The highest BCUT2D eigenvalue weighted by Gasteiger charge is 2.34. The van der Waals surface area contributed by atoms with Crippen molar-refractivity contribution in [3.8, 4) is 0 Å². The maximum absolute atomic E-state index is 13.0. The highest BCUT2D eigenvalue weighted by atomic mass is 16.7. The van der Waals surface area contributed by atoms with Gasteiger partial charge in [-0.3, -0.25) is 9.59 Å². The molecule has 0 aromatic carbocycles. The molecule has 46 heavy (non-hydrogen) atoms. The molecule has 2 amide bonds. The summed E-state index contributed by atoms with van der Waals surface area (Å²) < 4.78 is 0. The van der Waals surface area contributed by atoms with Gasteiger partial charge in [-0.2, -0.15) is 0 Å². The van der Waals surface area contributed by atoms with Gasteiger partial charge < -0.3 is 4.84 Å². The SMILES string of the molecule is CCCC/C=C\C/C=C\CCCCCCCCC(CCCCCCCC/C=C\C/C=C\CCCCC)C(=O)ON1C(=O)CCC1=O. The van der Waals surface area contributed by atoms with Gasteiger partial charge in [-0.25, -0.2) is 4.79 Å². The standard InChI is InChI=1S/C41H69NO4/c1-3-5-7-9-11-13-15-17-19-21-23-25-27-29-31-33-35-38(41(45)46-42-39(43)36-37-40(42)44)34-32-30-28-26-24-22-20-18-16-14-12-10-8-6-4-2/h10-13,16-19,38H,3-9,14-15,20-37H2,1-2H3/b12-10-,13-11-,18-16-,19-17-. The number of unbranched alkanes of at least 4 members (excludes halogenated alkanes) is 17. The Labute approximate surface area is 283 Å². The molecule has 1 fully saturated rings. The fourth-order valence-corrected chi connectivity index (χ4v) is 5.77. The van der Waals surface area contributed by atoms with Gasteiger partial charge in [0.25, 0.3) is 11.8 Å². The highest BCUT2D eigenvalue weighted by Crippen LogP contribution is 2.23. The maximum atomic E-state index is 13.0. The first-order valence-electron chi connectivity index (χ1n) is 19.3. The number of imide groups is 1. The van der Waals surface area contributed by atoms with Crippen LogP contribution < -0.4 is 0 Å². The number of carbonyl (C=O) groups excluding carboxylic acids is 3. The summed E-state index contributed by atoms with van der Waals surface area (Å²) >= 11 is 0. The van der Waals surface area contributed by atoms with Crippen LogP contribution in [0.1, 0.15) is 187 Å². The molecule has 0 aromatic heterocycles. The van der Waals surface area contributed by atoms with E-state index in [9.17, 15) is 14.4 Å². The molecule has 1 aliphatic rings. The first-order valence-corrected chi connectivity index (χ1v) is 19.3. The Bertz CT molecular complexity index is 871. The van der Waals surface area contributed by atoms with Crippen LogP contribution in [0.3, 0.4) is 0 Å². The van der Waals surface area contributed by atoms with Gasteiger partial charge in [0.05, 0.1) is 5.92 Å². The molecular weight excluding hydrogens is 570 g/mol. The summed E-state index contributed by atoms with van der Waals surface area (Å²) in [5.41, 5.74) is 0. The third-order valence-corrected chi connectivity index (χ3v) is 8.78. The molecule has 5 heteroatoms. The van der Waals surface area contributed by atoms with Crippen molar-refractivity contribution in [1.29, 1.82) is 0 Å². The molecular formula is C41H69NO4. The van der Waals surface area contributed by atoms with Crippen molar-refractivity contribution in [2.45, 2.75) is 187 Å². The fourth-order valence-electron chi connectivity index (χ4n) is 5.77. The summed E-state index contributed by atoms with van der Waals surface area (Å²) in [5.74, 6) is -1.44. The Morgan fingerprint density at radius 2 is 0.913 bits per heavy atom. The lowest BCUT2D eigenvalue weighted by molar-refractivity contribution is -0.201. The zero-order valence-corrected chi connectivity index (χ0v) is 29.9. The predicted octanol–water partition coefficient (Wildman–Crippen LogP) is 12.2. The van der Waals surface area contributed by atoms with Crippen LogP contribution in [-0.2, 0) is 19.2 Å². The van der Waals surface area contributed by atoms with E-state index in [1.165, 1.54) is 96.3 Å². The average molecular weight is 640 g/mol. The first kappa shape index (κ1) is 41.6. The van der Waals surface area contributed by atoms with Crippen LogP contribution in [0.2, 0.25) is 0 Å². The van der Waals surface area contributed by atoms with E-state index < -0.39 is 17.8 Å². The van der Waals surface area contributed by atoms with Crippen molar-refractivity contribution in [1.82, 2.24) is 5.06 Å². The summed E-state index contributed by atoms with van der Waals surface area (Å²) in [5, 5.41) is 0.713. The maximum Gasteiger partial charge on any atom is 0.336 e. The van der Waals surface area contributed by atoms with Crippen molar-refractivity contribution in [3.63, 3.8) is 0 Å². The highest BCUT2D eigenvalue weighted by molar-refractivity contribution is 6.01. The molecule has 0 bridgehead atoms. The monoisotopic (exact) mass is 640 g/mol. The zero-order valence-electron chi connectivity index (χ0n) is 29.9. The molecule has 1 rings (SSSR count). The van der Waals surface area contributed by atoms with E-state index in [1.54, 1.807) is 0 Å². The smallest absolute Gasteiger partial charge is 0.330 e. The van der Waals surface area contributed by atoms with Gasteiger partial charge >= 0.3 is 5.97 Å². The number of nitrogens with zero attached hydrogens (tertiary/aromatic N) is 1. The van der Waals surface area contributed by atoms with E-state index in [-0.39, 0.29) is 18.8 Å². The van der Waals surface area contributed by atoms with Gasteiger partial charge in [-0.15, -0.1) is 5.06 Å². The molecule has 0 N–H and O–H groups in total. The summed E-state index contributed by atoms with van der Waals surface area (Å²) in [6.07, 6.45) is 47.3. The third kappa shape index (κ3) is 23.8. The molecule has 262 valence electrons. The van der Waals surface area contributed by atoms with E-state index in [2.05, 4.69) is 62.5 Å². The van der Waals surface area contributed by atoms with Crippen LogP contribution in [0, 0.1) is 5.92 Å². The first-order chi connectivity index (χ1) is 22.6. The van der Waals surface area contributed by atoms with E-state index in [0.29, 0.717) is 5.06 Å². The quantitative estimate of drug-likeness (QED) is 0.0430. The second kappa shape index (κ2) is 31.2. The Morgan fingerprint density at radius 3 is 1.35 bits per heavy atom. The molecule has 0 spiro atoms. The number of hydroxylamine groups is 2. The molecule has 0 saturated carbocycles. The van der Waals surface area contributed by atoms with Crippen molar-refractivity contribution in [2.24, 2.45) is 5.92 Å². The van der Waals surface area contributed by atoms with Gasteiger partial charge in [0, 0.05) is 12.8 Å². The molecule has 1 heterocycles. The van der Waals surface area contributed by atoms with E-state index in [0.717, 1.165) is 64.2 Å². The Kier molecular flexibility index (Phi) is 28.2. The average Bonchev–Trinajstić information content (AvgIpc) is 3.37. The van der Waals surface area contributed by atoms with Gasteiger partial charge in [0.15, 0.2) is 0 Å². The molecule has 0 aromatic rings. The topological polar surface area (TPSA) is 63.7 Å². The normalized spacial score (nSPS) is 14.7. The van der Waals surface area contributed by atoms with E-state index in [1.807, 2.05) is 0 Å². The number of allylic oxidation sites excluding steroid dienone is 8. The van der Waals surface area contributed by atoms with Crippen LogP contribution >= 0.6 is 0 Å². The van der Waals surface area contributed by atoms with Crippen molar-refractivity contribution in [3.05, 3.63) is 48.6 Å². The van der Waals surface area contributed by atoms with Crippen molar-refractivity contribution >= 4 is 17.8 Å². The second-order valence-electron chi connectivity index (χ2n) is 13.1. The van der Waals surface area contributed by atoms with Gasteiger partial charge in [0.1, 0.15) is 0 Å². The Balaban J connectivity index is 2.21. The molecule has 1 unspecified atom stereocenters. The molecule has 5 nitrogen and oxygen atoms in total. The largest absolute Gasteiger partial charge is 0.336 e. The summed E-state index contributed by atoms with van der Waals surface area (Å²) in [7, 11) is 0. The number of hydrogen-bond acceptors (Lipinski definition) is 4. The molecule has 1 saturated heterocycles. The molecule has 1 atom stereocenters. The van der Waals surface area contributed by atoms with Crippen LogP contribution in [-0.4, -0.2) is 22.8 Å². The Hall–Kier alpha value is -2.43. The van der Waals surface area contributed by atoms with E-state index in [4.69, 9.17) is 4.84 Å². The minimum Gasteiger partial charge on any atom is -0.330 e. The minimum absolute atomic E-state index is 0.134.